The molecule has 58 valence electrons. The highest BCUT2D eigenvalue weighted by atomic mass is 16.6. The van der Waals surface area contributed by atoms with Gasteiger partial charge in [-0.2, -0.15) is 0 Å². The maximum Gasteiger partial charge on any atom is 0.0841 e. The van der Waals surface area contributed by atoms with Gasteiger partial charge in [-0.1, -0.05) is 13.0 Å². The van der Waals surface area contributed by atoms with Crippen LogP contribution in [-0.2, 0) is 4.74 Å². The van der Waals surface area contributed by atoms with Crippen LogP contribution < -0.4 is 0 Å². The van der Waals surface area contributed by atoms with E-state index in [9.17, 15) is 0 Å². The number of hydrogen-bond acceptors (Lipinski definition) is 1. The normalized spacial score (nSPS) is 30.1. The van der Waals surface area contributed by atoms with Crippen molar-refractivity contribution in [2.75, 3.05) is 0 Å². The summed E-state index contributed by atoms with van der Waals surface area (Å²) in [6.07, 6.45) is 7.93. The van der Waals surface area contributed by atoms with E-state index in [2.05, 4.69) is 13.5 Å². The van der Waals surface area contributed by atoms with Crippen LogP contribution in [0.15, 0.2) is 12.7 Å². The highest BCUT2D eigenvalue weighted by Crippen LogP contribution is 2.29. The molecule has 0 aromatic carbocycles. The topological polar surface area (TPSA) is 12.5 Å². The Morgan fingerprint density at radius 2 is 2.30 bits per heavy atom. The fraction of sp³-hybridized carbons (Fsp3) is 0.778. The van der Waals surface area contributed by atoms with Gasteiger partial charge in [0.15, 0.2) is 0 Å². The lowest BCUT2D eigenvalue weighted by Crippen LogP contribution is -1.90. The first kappa shape index (κ1) is 7.80. The summed E-state index contributed by atoms with van der Waals surface area (Å²) < 4.78 is 5.38. The molecule has 0 N–H and O–H groups in total. The molecule has 1 rings (SSSR count). The second-order valence-electron chi connectivity index (χ2n) is 2.84. The van der Waals surface area contributed by atoms with Crippen LogP contribution in [0.2, 0.25) is 0 Å². The van der Waals surface area contributed by atoms with Crippen molar-refractivity contribution in [3.8, 4) is 0 Å². The highest BCUT2D eigenvalue weighted by Gasteiger charge is 2.35. The smallest absolute Gasteiger partial charge is 0.0841 e. The first-order valence-corrected chi connectivity index (χ1v) is 4.14. The second-order valence-corrected chi connectivity index (χ2v) is 2.84. The van der Waals surface area contributed by atoms with Crippen LogP contribution in [0.4, 0.5) is 0 Å². The molecule has 0 spiro atoms. The van der Waals surface area contributed by atoms with Gasteiger partial charge < -0.3 is 4.74 Å². The van der Waals surface area contributed by atoms with Gasteiger partial charge in [-0.05, 0) is 25.7 Å². The molecular formula is C9H16O. The Bertz CT molecular complexity index is 109. The van der Waals surface area contributed by atoms with Crippen molar-refractivity contribution in [3.63, 3.8) is 0 Å². The fourth-order valence-corrected chi connectivity index (χ4v) is 1.26. The van der Waals surface area contributed by atoms with Gasteiger partial charge in [-0.3, -0.25) is 0 Å². The summed E-state index contributed by atoms with van der Waals surface area (Å²) in [5.41, 5.74) is 0. The molecule has 2 atom stereocenters. The molecule has 0 radical (unpaired) electrons. The van der Waals surface area contributed by atoms with Gasteiger partial charge in [0, 0.05) is 0 Å². The van der Waals surface area contributed by atoms with E-state index in [0.717, 1.165) is 6.42 Å². The van der Waals surface area contributed by atoms with E-state index in [-0.39, 0.29) is 0 Å². The van der Waals surface area contributed by atoms with E-state index < -0.39 is 0 Å². The average Bonchev–Trinajstić information content (AvgIpc) is 2.68. The molecule has 1 fully saturated rings. The van der Waals surface area contributed by atoms with Crippen LogP contribution in [-0.4, -0.2) is 12.2 Å². The molecule has 0 saturated carbocycles. The number of ether oxygens (including phenoxy) is 1. The Morgan fingerprint density at radius 1 is 1.50 bits per heavy atom. The largest absolute Gasteiger partial charge is 0.370 e. The molecule has 0 amide bonds. The van der Waals surface area contributed by atoms with E-state index in [1.807, 2.05) is 6.08 Å². The molecule has 0 unspecified atom stereocenters. The zero-order chi connectivity index (χ0) is 7.40. The molecule has 1 saturated heterocycles. The lowest BCUT2D eigenvalue weighted by Gasteiger charge is -1.90. The molecule has 0 aromatic rings. The van der Waals surface area contributed by atoms with Gasteiger partial charge in [-0.15, -0.1) is 6.58 Å². The van der Waals surface area contributed by atoms with Gasteiger partial charge in [0.2, 0.25) is 0 Å². The quantitative estimate of drug-likeness (QED) is 0.325. The first-order chi connectivity index (χ1) is 4.88. The second kappa shape index (κ2) is 3.77. The SMILES string of the molecule is C=CCCC[C@@H]1O[C@H]1CC. The van der Waals surface area contributed by atoms with Crippen LogP contribution in [0.5, 0.6) is 0 Å². The van der Waals surface area contributed by atoms with Gasteiger partial charge >= 0.3 is 0 Å². The molecular weight excluding hydrogens is 124 g/mol. The number of unbranched alkanes of at least 4 members (excludes halogenated alkanes) is 1. The van der Waals surface area contributed by atoms with Crippen LogP contribution >= 0.6 is 0 Å². The third kappa shape index (κ3) is 2.14. The third-order valence-electron chi connectivity index (χ3n) is 1.99. The van der Waals surface area contributed by atoms with E-state index in [1.54, 1.807) is 0 Å². The van der Waals surface area contributed by atoms with Crippen LogP contribution in [0.25, 0.3) is 0 Å². The summed E-state index contributed by atoms with van der Waals surface area (Å²) in [4.78, 5) is 0. The fourth-order valence-electron chi connectivity index (χ4n) is 1.26. The molecule has 10 heavy (non-hydrogen) atoms. The molecule has 1 nitrogen and oxygen atoms in total. The molecule has 1 heterocycles. The predicted molar refractivity (Wildman–Crippen MR) is 43.0 cm³/mol. The number of rotatable bonds is 5. The van der Waals surface area contributed by atoms with Gasteiger partial charge in [0.1, 0.15) is 0 Å². The summed E-state index contributed by atoms with van der Waals surface area (Å²) in [6, 6.07) is 0. The van der Waals surface area contributed by atoms with Crippen molar-refractivity contribution in [2.24, 2.45) is 0 Å². The zero-order valence-electron chi connectivity index (χ0n) is 6.68. The highest BCUT2D eigenvalue weighted by molar-refractivity contribution is 4.83. The minimum atomic E-state index is 0.588. The van der Waals surface area contributed by atoms with Crippen molar-refractivity contribution in [1.82, 2.24) is 0 Å². The Balaban J connectivity index is 1.91. The average molecular weight is 140 g/mol. The number of hydrogen-bond donors (Lipinski definition) is 0. The van der Waals surface area contributed by atoms with E-state index in [0.29, 0.717) is 12.2 Å². The minimum absolute atomic E-state index is 0.588. The third-order valence-corrected chi connectivity index (χ3v) is 1.99. The Labute approximate surface area is 63.1 Å². The maximum atomic E-state index is 5.38. The van der Waals surface area contributed by atoms with Crippen molar-refractivity contribution in [3.05, 3.63) is 12.7 Å². The molecule has 1 heteroatoms. The van der Waals surface area contributed by atoms with Crippen molar-refractivity contribution in [2.45, 2.75) is 44.8 Å². The summed E-state index contributed by atoms with van der Waals surface area (Å²) in [6.45, 7) is 5.86. The van der Waals surface area contributed by atoms with E-state index >= 15 is 0 Å². The standard InChI is InChI=1S/C9H16O/c1-3-5-6-7-9-8(4-2)10-9/h3,8-9H,1,4-7H2,2H3/t8-,9-/m0/s1. The summed E-state index contributed by atoms with van der Waals surface area (Å²) in [5, 5.41) is 0. The van der Waals surface area contributed by atoms with Crippen molar-refractivity contribution in [1.29, 1.82) is 0 Å². The minimum Gasteiger partial charge on any atom is -0.370 e. The predicted octanol–water partition coefficient (Wildman–Crippen LogP) is 2.52. The lowest BCUT2D eigenvalue weighted by molar-refractivity contribution is 0.357. The lowest BCUT2D eigenvalue weighted by atomic mass is 10.1. The Morgan fingerprint density at radius 3 is 2.80 bits per heavy atom. The number of epoxide rings is 1. The van der Waals surface area contributed by atoms with Crippen LogP contribution in [0.1, 0.15) is 32.6 Å². The zero-order valence-corrected chi connectivity index (χ0v) is 6.68. The molecule has 1 aliphatic heterocycles. The molecule has 0 aliphatic carbocycles. The number of allylic oxidation sites excluding steroid dienone is 1. The van der Waals surface area contributed by atoms with Gasteiger partial charge in [0.05, 0.1) is 12.2 Å². The summed E-state index contributed by atoms with van der Waals surface area (Å²) in [5.74, 6) is 0. The van der Waals surface area contributed by atoms with Crippen LogP contribution in [0.3, 0.4) is 0 Å². The summed E-state index contributed by atoms with van der Waals surface area (Å²) >= 11 is 0. The molecule has 1 aliphatic rings. The van der Waals surface area contributed by atoms with Gasteiger partial charge in [0.25, 0.3) is 0 Å². The monoisotopic (exact) mass is 140 g/mol. The summed E-state index contributed by atoms with van der Waals surface area (Å²) in [7, 11) is 0. The van der Waals surface area contributed by atoms with E-state index in [4.69, 9.17) is 4.74 Å². The molecule has 0 aromatic heterocycles. The van der Waals surface area contributed by atoms with Gasteiger partial charge in [-0.25, -0.2) is 0 Å². The molecule has 0 bridgehead atoms. The Hall–Kier alpha value is -0.300. The maximum absolute atomic E-state index is 5.38. The van der Waals surface area contributed by atoms with Crippen LogP contribution in [0, 0.1) is 0 Å². The first-order valence-electron chi connectivity index (χ1n) is 4.14. The van der Waals surface area contributed by atoms with Crippen molar-refractivity contribution >= 4 is 0 Å². The Kier molecular flexibility index (Phi) is 2.94. The van der Waals surface area contributed by atoms with Crippen molar-refractivity contribution < 1.29 is 4.74 Å². The van der Waals surface area contributed by atoms with E-state index in [1.165, 1.54) is 19.3 Å².